The van der Waals surface area contributed by atoms with Gasteiger partial charge in [-0.25, -0.2) is 8.42 Å². The molecule has 0 N–H and O–H groups in total. The van der Waals surface area contributed by atoms with E-state index >= 15 is 0 Å². The van der Waals surface area contributed by atoms with Crippen LogP contribution in [-0.4, -0.2) is 61.3 Å². The lowest BCUT2D eigenvalue weighted by molar-refractivity contribution is -0.134. The Morgan fingerprint density at radius 3 is 2.76 bits per heavy atom. The molecule has 1 aromatic rings. The molecule has 2 fully saturated rings. The number of carbonyl (C=O) groups is 1. The van der Waals surface area contributed by atoms with Crippen LogP contribution in [0.15, 0.2) is 24.3 Å². The van der Waals surface area contributed by atoms with Crippen molar-refractivity contribution in [1.29, 1.82) is 0 Å². The van der Waals surface area contributed by atoms with Gasteiger partial charge < -0.3 is 4.90 Å². The molecule has 5 nitrogen and oxygen atoms in total. The number of likely N-dealkylation sites (tertiary alicyclic amines) is 1. The lowest BCUT2D eigenvalue weighted by Crippen LogP contribution is -2.46. The lowest BCUT2D eigenvalue weighted by Gasteiger charge is -2.31. The first-order valence-corrected chi connectivity index (χ1v) is 11.0. The van der Waals surface area contributed by atoms with E-state index < -0.39 is 9.84 Å². The number of likely N-dealkylation sites (N-methyl/N-ethyl adjacent to an activating group) is 1. The summed E-state index contributed by atoms with van der Waals surface area (Å²) in [4.78, 5) is 16.9. The molecule has 0 spiro atoms. The summed E-state index contributed by atoms with van der Waals surface area (Å²) in [5, 5.41) is 0. The highest BCUT2D eigenvalue weighted by Gasteiger charge is 2.35. The molecule has 2 unspecified atom stereocenters. The predicted molar refractivity (Wildman–Crippen MR) is 99.2 cm³/mol. The van der Waals surface area contributed by atoms with Gasteiger partial charge >= 0.3 is 0 Å². The molecular formula is C19H28N2O3S. The molecule has 0 bridgehead atoms. The monoisotopic (exact) mass is 364 g/mol. The molecule has 0 aliphatic carbocycles. The molecule has 2 atom stereocenters. The first-order valence-electron chi connectivity index (χ1n) is 9.20. The van der Waals surface area contributed by atoms with Crippen molar-refractivity contribution in [3.8, 4) is 0 Å². The Morgan fingerprint density at radius 2 is 2.12 bits per heavy atom. The highest BCUT2D eigenvalue weighted by Crippen LogP contribution is 2.32. The normalized spacial score (nSPS) is 26.0. The van der Waals surface area contributed by atoms with Crippen LogP contribution in [0.2, 0.25) is 0 Å². The van der Waals surface area contributed by atoms with Gasteiger partial charge in [0.25, 0.3) is 0 Å². The zero-order valence-corrected chi connectivity index (χ0v) is 16.0. The smallest absolute Gasteiger partial charge is 0.237 e. The van der Waals surface area contributed by atoms with E-state index in [0.717, 1.165) is 19.4 Å². The Hall–Kier alpha value is -1.40. The van der Waals surface area contributed by atoms with Crippen LogP contribution in [0.5, 0.6) is 0 Å². The summed E-state index contributed by atoms with van der Waals surface area (Å²) < 4.78 is 23.5. The second-order valence-corrected chi connectivity index (χ2v) is 9.51. The van der Waals surface area contributed by atoms with Crippen LogP contribution >= 0.6 is 0 Å². The fraction of sp³-hybridized carbons (Fsp3) is 0.632. The molecule has 25 heavy (non-hydrogen) atoms. The van der Waals surface area contributed by atoms with E-state index in [2.05, 4.69) is 36.1 Å². The second kappa shape index (κ2) is 7.46. The summed E-state index contributed by atoms with van der Waals surface area (Å²) in [6.07, 6.45) is 2.74. The van der Waals surface area contributed by atoms with E-state index in [-0.39, 0.29) is 29.5 Å². The maximum absolute atomic E-state index is 12.9. The quantitative estimate of drug-likeness (QED) is 0.803. The van der Waals surface area contributed by atoms with Gasteiger partial charge in [0, 0.05) is 18.6 Å². The van der Waals surface area contributed by atoms with E-state index in [9.17, 15) is 13.2 Å². The van der Waals surface area contributed by atoms with E-state index in [4.69, 9.17) is 0 Å². The summed E-state index contributed by atoms with van der Waals surface area (Å²) in [7, 11) is -2.98. The Morgan fingerprint density at radius 1 is 1.32 bits per heavy atom. The fourth-order valence-corrected chi connectivity index (χ4v) is 5.92. The minimum absolute atomic E-state index is 0.0594. The highest BCUT2D eigenvalue weighted by molar-refractivity contribution is 7.91. The summed E-state index contributed by atoms with van der Waals surface area (Å²) >= 11 is 0. The second-order valence-electron chi connectivity index (χ2n) is 7.28. The van der Waals surface area contributed by atoms with Crippen LogP contribution in [-0.2, 0) is 14.6 Å². The predicted octanol–water partition coefficient (Wildman–Crippen LogP) is 2.17. The molecule has 138 valence electrons. The molecular weight excluding hydrogens is 336 g/mol. The summed E-state index contributed by atoms with van der Waals surface area (Å²) in [6, 6.07) is 8.64. The zero-order chi connectivity index (χ0) is 18.0. The first-order chi connectivity index (χ1) is 11.9. The van der Waals surface area contributed by atoms with Crippen molar-refractivity contribution >= 4 is 15.7 Å². The zero-order valence-electron chi connectivity index (χ0n) is 15.1. The Bertz CT molecular complexity index is 732. The standard InChI is InChI=1S/C19H28N2O3S/c1-3-21(17-9-11-25(23,24)14-17)19(22)13-20-10-5-8-18(20)16-7-4-6-15(2)12-16/h4,6-7,12,17-18H,3,5,8-11,13-14H2,1-2H3. The Balaban J connectivity index is 1.68. The maximum Gasteiger partial charge on any atom is 0.237 e. The van der Waals surface area contributed by atoms with E-state index in [0.29, 0.717) is 19.5 Å². The molecule has 2 heterocycles. The summed E-state index contributed by atoms with van der Waals surface area (Å²) in [5.41, 5.74) is 2.51. The molecule has 0 radical (unpaired) electrons. The van der Waals surface area contributed by atoms with Crippen LogP contribution in [0.1, 0.15) is 43.4 Å². The number of sulfone groups is 1. The molecule has 2 saturated heterocycles. The third kappa shape index (κ3) is 4.23. The SMILES string of the molecule is CCN(C(=O)CN1CCCC1c1cccc(C)c1)C1CCS(=O)(=O)C1. The lowest BCUT2D eigenvalue weighted by atomic mass is 10.0. The van der Waals surface area contributed by atoms with Crippen molar-refractivity contribution in [3.05, 3.63) is 35.4 Å². The van der Waals surface area contributed by atoms with Gasteiger partial charge in [-0.15, -0.1) is 0 Å². The van der Waals surface area contributed by atoms with Gasteiger partial charge in [-0.1, -0.05) is 29.8 Å². The Labute approximate surface area is 150 Å². The van der Waals surface area contributed by atoms with E-state index in [1.54, 1.807) is 4.90 Å². The molecule has 3 rings (SSSR count). The van der Waals surface area contributed by atoms with Crippen LogP contribution in [0.3, 0.4) is 0 Å². The van der Waals surface area contributed by atoms with Crippen molar-refractivity contribution in [3.63, 3.8) is 0 Å². The maximum atomic E-state index is 12.9. The van der Waals surface area contributed by atoms with Crippen LogP contribution in [0.4, 0.5) is 0 Å². The largest absolute Gasteiger partial charge is 0.338 e. The number of aryl methyl sites for hydroxylation is 1. The number of rotatable bonds is 5. The number of nitrogens with zero attached hydrogens (tertiary/aromatic N) is 2. The number of amides is 1. The number of carbonyl (C=O) groups excluding carboxylic acids is 1. The van der Waals surface area contributed by atoms with Gasteiger partial charge in [-0.3, -0.25) is 9.69 Å². The average Bonchev–Trinajstić information content (AvgIpc) is 3.14. The van der Waals surface area contributed by atoms with Crippen LogP contribution < -0.4 is 0 Å². The highest BCUT2D eigenvalue weighted by atomic mass is 32.2. The topological polar surface area (TPSA) is 57.7 Å². The van der Waals surface area contributed by atoms with Crippen LogP contribution in [0.25, 0.3) is 0 Å². The summed E-state index contributed by atoms with van der Waals surface area (Å²) in [6.45, 7) is 5.90. The average molecular weight is 365 g/mol. The van der Waals surface area contributed by atoms with Gasteiger partial charge in [-0.2, -0.15) is 0 Å². The number of hydrogen-bond donors (Lipinski definition) is 0. The third-order valence-electron chi connectivity index (χ3n) is 5.44. The molecule has 0 aromatic heterocycles. The van der Waals surface area contributed by atoms with Gasteiger partial charge in [0.15, 0.2) is 9.84 Å². The van der Waals surface area contributed by atoms with E-state index in [1.807, 2.05) is 6.92 Å². The minimum Gasteiger partial charge on any atom is -0.338 e. The molecule has 0 saturated carbocycles. The molecule has 2 aliphatic heterocycles. The first kappa shape index (κ1) is 18.4. The van der Waals surface area contributed by atoms with Crippen molar-refractivity contribution in [2.24, 2.45) is 0 Å². The van der Waals surface area contributed by atoms with Crippen molar-refractivity contribution in [1.82, 2.24) is 9.80 Å². The van der Waals surface area contributed by atoms with Crippen molar-refractivity contribution in [2.75, 3.05) is 31.1 Å². The fourth-order valence-electron chi connectivity index (χ4n) is 4.19. The molecule has 2 aliphatic rings. The molecule has 6 heteroatoms. The van der Waals surface area contributed by atoms with Gasteiger partial charge in [0.2, 0.25) is 5.91 Å². The molecule has 1 aromatic carbocycles. The molecule has 1 amide bonds. The number of benzene rings is 1. The minimum atomic E-state index is -2.98. The van der Waals surface area contributed by atoms with Crippen molar-refractivity contribution < 1.29 is 13.2 Å². The van der Waals surface area contributed by atoms with Gasteiger partial charge in [0.05, 0.1) is 18.1 Å². The van der Waals surface area contributed by atoms with Gasteiger partial charge in [0.1, 0.15) is 0 Å². The van der Waals surface area contributed by atoms with E-state index in [1.165, 1.54) is 11.1 Å². The Kier molecular flexibility index (Phi) is 5.49. The third-order valence-corrected chi connectivity index (χ3v) is 7.19. The van der Waals surface area contributed by atoms with Gasteiger partial charge in [-0.05, 0) is 45.2 Å². The summed E-state index contributed by atoms with van der Waals surface area (Å²) in [5.74, 6) is 0.384. The van der Waals surface area contributed by atoms with Crippen molar-refractivity contribution in [2.45, 2.75) is 45.2 Å². The van der Waals surface area contributed by atoms with Crippen LogP contribution in [0, 0.1) is 6.92 Å². The number of hydrogen-bond acceptors (Lipinski definition) is 4.